The molecule has 0 atom stereocenters. The van der Waals surface area contributed by atoms with Gasteiger partial charge in [-0.25, -0.2) is 0 Å². The van der Waals surface area contributed by atoms with Gasteiger partial charge in [-0.1, -0.05) is 0 Å². The summed E-state index contributed by atoms with van der Waals surface area (Å²) in [6.45, 7) is 0.323. The molecule has 1 saturated heterocycles. The van der Waals surface area contributed by atoms with Crippen LogP contribution in [0, 0.1) is 5.92 Å². The van der Waals surface area contributed by atoms with Gasteiger partial charge in [0.15, 0.2) is 0 Å². The largest absolute Gasteiger partial charge is 0.471 e. The Kier molecular flexibility index (Phi) is 2.84. The Balaban J connectivity index is 1.82. The number of carbonyl (C=O) groups is 1. The maximum absolute atomic E-state index is 12.1. The third-order valence-electron chi connectivity index (χ3n) is 2.75. The normalized spacial score (nSPS) is 17.1. The number of amides is 1. The average Bonchev–Trinajstić information content (AvgIpc) is 2.54. The molecule has 4 nitrogen and oxygen atoms in total. The molecule has 1 aliphatic rings. The number of aromatic nitrogens is 2. The minimum absolute atomic E-state index is 0.0798. The van der Waals surface area contributed by atoms with E-state index in [1.54, 1.807) is 17.9 Å². The van der Waals surface area contributed by atoms with Crippen LogP contribution >= 0.6 is 0 Å². The van der Waals surface area contributed by atoms with E-state index in [0.717, 1.165) is 10.6 Å². The minimum Gasteiger partial charge on any atom is -0.334 e. The van der Waals surface area contributed by atoms with Crippen LogP contribution in [0.2, 0.25) is 0 Å². The number of nitrogens with zero attached hydrogens (tertiary/aromatic N) is 3. The van der Waals surface area contributed by atoms with E-state index in [0.29, 0.717) is 6.42 Å². The van der Waals surface area contributed by atoms with Gasteiger partial charge in [0.25, 0.3) is 0 Å². The highest BCUT2D eigenvalue weighted by Gasteiger charge is 2.46. The molecule has 2 heterocycles. The first-order chi connectivity index (χ1) is 7.86. The number of hydrogen-bond donors (Lipinski definition) is 0. The smallest absolute Gasteiger partial charge is 0.334 e. The number of alkyl halides is 3. The molecule has 1 aromatic heterocycles. The topological polar surface area (TPSA) is 38.1 Å². The molecule has 1 fully saturated rings. The Hall–Kier alpha value is -1.53. The fraction of sp³-hybridized carbons (Fsp3) is 0.600. The summed E-state index contributed by atoms with van der Waals surface area (Å²) in [5, 5.41) is 4.14. The van der Waals surface area contributed by atoms with Crippen LogP contribution < -0.4 is 0 Å². The molecule has 0 bridgehead atoms. The highest BCUT2D eigenvalue weighted by molar-refractivity contribution is 5.82. The van der Waals surface area contributed by atoms with Crippen molar-refractivity contribution in [3.05, 3.63) is 18.0 Å². The van der Waals surface area contributed by atoms with Crippen molar-refractivity contribution >= 4 is 5.91 Å². The summed E-state index contributed by atoms with van der Waals surface area (Å²) < 4.78 is 37.9. The van der Waals surface area contributed by atoms with Crippen molar-refractivity contribution in [3.63, 3.8) is 0 Å². The minimum atomic E-state index is -4.75. The number of hydrogen-bond acceptors (Lipinski definition) is 2. The first-order valence-corrected chi connectivity index (χ1v) is 5.21. The Labute approximate surface area is 96.0 Å². The number of halogens is 3. The highest BCUT2D eigenvalue weighted by atomic mass is 19.4. The predicted molar refractivity (Wildman–Crippen MR) is 53.0 cm³/mol. The molecule has 0 N–H and O–H groups in total. The van der Waals surface area contributed by atoms with Gasteiger partial charge in [0.1, 0.15) is 0 Å². The van der Waals surface area contributed by atoms with Crippen molar-refractivity contribution in [2.75, 3.05) is 13.1 Å². The van der Waals surface area contributed by atoms with E-state index < -0.39 is 12.1 Å². The zero-order valence-corrected chi connectivity index (χ0v) is 9.24. The fourth-order valence-corrected chi connectivity index (χ4v) is 1.91. The summed E-state index contributed by atoms with van der Waals surface area (Å²) in [6, 6.07) is 1.83. The van der Waals surface area contributed by atoms with Crippen molar-refractivity contribution in [3.8, 4) is 0 Å². The van der Waals surface area contributed by atoms with Crippen LogP contribution in [0.5, 0.6) is 0 Å². The summed E-state index contributed by atoms with van der Waals surface area (Å²) >= 11 is 0. The van der Waals surface area contributed by atoms with Crippen LogP contribution in [0.25, 0.3) is 0 Å². The van der Waals surface area contributed by atoms with Gasteiger partial charge in [-0.2, -0.15) is 18.3 Å². The molecule has 0 aliphatic carbocycles. The molecule has 0 saturated carbocycles. The van der Waals surface area contributed by atoms with Crippen LogP contribution in [0.4, 0.5) is 13.2 Å². The average molecular weight is 247 g/mol. The van der Waals surface area contributed by atoms with E-state index in [2.05, 4.69) is 5.10 Å². The SMILES string of the molecule is Cn1ccc(CC2CN(C(=O)C(F)(F)F)C2)n1. The lowest BCUT2D eigenvalue weighted by atomic mass is 9.94. The van der Waals surface area contributed by atoms with E-state index in [-0.39, 0.29) is 19.0 Å². The monoisotopic (exact) mass is 247 g/mol. The third kappa shape index (κ3) is 2.59. The molecular weight excluding hydrogens is 235 g/mol. The van der Waals surface area contributed by atoms with Crippen LogP contribution in [0.1, 0.15) is 5.69 Å². The van der Waals surface area contributed by atoms with Gasteiger partial charge < -0.3 is 4.90 Å². The van der Waals surface area contributed by atoms with Gasteiger partial charge in [-0.15, -0.1) is 0 Å². The zero-order chi connectivity index (χ0) is 12.6. The van der Waals surface area contributed by atoms with Crippen LogP contribution in [-0.2, 0) is 18.3 Å². The maximum Gasteiger partial charge on any atom is 0.471 e. The van der Waals surface area contributed by atoms with E-state index >= 15 is 0 Å². The molecule has 0 radical (unpaired) electrons. The van der Waals surface area contributed by atoms with Crippen molar-refractivity contribution in [1.29, 1.82) is 0 Å². The van der Waals surface area contributed by atoms with E-state index in [4.69, 9.17) is 0 Å². The van der Waals surface area contributed by atoms with Crippen LogP contribution in [0.3, 0.4) is 0 Å². The lowest BCUT2D eigenvalue weighted by molar-refractivity contribution is -0.191. The molecule has 7 heteroatoms. The van der Waals surface area contributed by atoms with Crippen molar-refractivity contribution in [2.45, 2.75) is 12.6 Å². The summed E-state index contributed by atoms with van der Waals surface area (Å²) in [4.78, 5) is 11.7. The number of likely N-dealkylation sites (tertiary alicyclic amines) is 1. The van der Waals surface area contributed by atoms with E-state index in [1.165, 1.54) is 0 Å². The molecule has 1 aromatic rings. The van der Waals surface area contributed by atoms with Crippen molar-refractivity contribution in [2.24, 2.45) is 13.0 Å². The Bertz CT molecular complexity index is 421. The lowest BCUT2D eigenvalue weighted by Gasteiger charge is -2.39. The molecular formula is C10H12F3N3O. The third-order valence-corrected chi connectivity index (χ3v) is 2.75. The second-order valence-corrected chi connectivity index (χ2v) is 4.26. The van der Waals surface area contributed by atoms with Crippen LogP contribution in [-0.4, -0.2) is 39.9 Å². The second-order valence-electron chi connectivity index (χ2n) is 4.26. The van der Waals surface area contributed by atoms with Crippen molar-refractivity contribution in [1.82, 2.24) is 14.7 Å². The summed E-state index contributed by atoms with van der Waals surface area (Å²) in [7, 11) is 1.78. The van der Waals surface area contributed by atoms with Crippen LogP contribution in [0.15, 0.2) is 12.3 Å². The Morgan fingerprint density at radius 2 is 2.18 bits per heavy atom. The molecule has 0 spiro atoms. The number of aryl methyl sites for hydroxylation is 1. The highest BCUT2D eigenvalue weighted by Crippen LogP contribution is 2.26. The number of carbonyl (C=O) groups excluding carboxylic acids is 1. The standard InChI is InChI=1S/C10H12F3N3O/c1-15-3-2-8(14-15)4-7-5-16(6-7)9(17)10(11,12)13/h2-3,7H,4-6H2,1H3. The molecule has 0 unspecified atom stereocenters. The van der Waals surface area contributed by atoms with Gasteiger partial charge in [-0.3, -0.25) is 9.48 Å². The number of rotatable bonds is 2. The van der Waals surface area contributed by atoms with Gasteiger partial charge >= 0.3 is 12.1 Å². The molecule has 0 aromatic carbocycles. The molecule has 94 valence electrons. The van der Waals surface area contributed by atoms with E-state index in [1.807, 2.05) is 6.07 Å². The summed E-state index contributed by atoms with van der Waals surface area (Å²) in [5.74, 6) is -1.66. The molecule has 17 heavy (non-hydrogen) atoms. The summed E-state index contributed by atoms with van der Waals surface area (Å²) in [5.41, 5.74) is 0.844. The second kappa shape index (κ2) is 4.05. The Morgan fingerprint density at radius 1 is 1.53 bits per heavy atom. The van der Waals surface area contributed by atoms with E-state index in [9.17, 15) is 18.0 Å². The Morgan fingerprint density at radius 3 is 2.65 bits per heavy atom. The van der Waals surface area contributed by atoms with Gasteiger partial charge in [0.05, 0.1) is 5.69 Å². The van der Waals surface area contributed by atoms with Gasteiger partial charge in [0, 0.05) is 26.3 Å². The quantitative estimate of drug-likeness (QED) is 0.781. The summed E-state index contributed by atoms with van der Waals surface area (Å²) in [6.07, 6.45) is -2.36. The van der Waals surface area contributed by atoms with Gasteiger partial charge in [0.2, 0.25) is 0 Å². The first kappa shape index (κ1) is 11.9. The predicted octanol–water partition coefficient (Wildman–Crippen LogP) is 0.983. The lowest BCUT2D eigenvalue weighted by Crippen LogP contribution is -2.54. The molecule has 2 rings (SSSR count). The molecule has 1 amide bonds. The van der Waals surface area contributed by atoms with Gasteiger partial charge in [-0.05, 0) is 18.4 Å². The molecule has 1 aliphatic heterocycles. The van der Waals surface area contributed by atoms with Crippen molar-refractivity contribution < 1.29 is 18.0 Å². The first-order valence-electron chi connectivity index (χ1n) is 5.21. The fourth-order valence-electron chi connectivity index (χ4n) is 1.91. The maximum atomic E-state index is 12.1. The zero-order valence-electron chi connectivity index (χ0n) is 9.24.